The van der Waals surface area contributed by atoms with Gasteiger partial charge < -0.3 is 9.72 Å². The summed E-state index contributed by atoms with van der Waals surface area (Å²) < 4.78 is 6.26. The standard InChI is InChI=1S/C11H13N3O3/c1-3-17-11(16)12-7-4-5-9-8(6-7)13-10(15)14(9)2/h4-6H,3H2,1-2H3,(H,12,16)(H,13,15). The smallest absolute Gasteiger partial charge is 0.411 e. The van der Waals surface area contributed by atoms with Gasteiger partial charge in [0.15, 0.2) is 0 Å². The van der Waals surface area contributed by atoms with E-state index in [1.807, 2.05) is 0 Å². The van der Waals surface area contributed by atoms with E-state index in [0.29, 0.717) is 17.8 Å². The van der Waals surface area contributed by atoms with Gasteiger partial charge in [-0.05, 0) is 25.1 Å². The van der Waals surface area contributed by atoms with Gasteiger partial charge in [-0.2, -0.15) is 0 Å². The van der Waals surface area contributed by atoms with E-state index in [9.17, 15) is 9.59 Å². The van der Waals surface area contributed by atoms with Crippen molar-refractivity contribution in [3.63, 3.8) is 0 Å². The Morgan fingerprint density at radius 1 is 1.53 bits per heavy atom. The number of carbonyl (C=O) groups is 1. The molecule has 0 saturated carbocycles. The van der Waals surface area contributed by atoms with Crippen LogP contribution in [0.1, 0.15) is 6.92 Å². The minimum Gasteiger partial charge on any atom is -0.450 e. The first-order valence-corrected chi connectivity index (χ1v) is 5.24. The number of nitrogens with zero attached hydrogens (tertiary/aromatic N) is 1. The van der Waals surface area contributed by atoms with Crippen LogP contribution in [0.2, 0.25) is 0 Å². The van der Waals surface area contributed by atoms with Crippen LogP contribution in [0, 0.1) is 0 Å². The van der Waals surface area contributed by atoms with Gasteiger partial charge >= 0.3 is 11.8 Å². The quantitative estimate of drug-likeness (QED) is 0.826. The van der Waals surface area contributed by atoms with E-state index in [4.69, 9.17) is 4.74 Å². The molecule has 6 heteroatoms. The molecule has 1 amide bonds. The maximum absolute atomic E-state index is 11.4. The summed E-state index contributed by atoms with van der Waals surface area (Å²) in [5.41, 5.74) is 1.85. The second-order valence-electron chi connectivity index (χ2n) is 3.57. The predicted molar refractivity (Wildman–Crippen MR) is 64.2 cm³/mol. The first-order chi connectivity index (χ1) is 8.11. The Morgan fingerprint density at radius 2 is 2.29 bits per heavy atom. The Bertz CT molecular complexity index is 612. The van der Waals surface area contributed by atoms with Gasteiger partial charge in [0.25, 0.3) is 0 Å². The zero-order valence-corrected chi connectivity index (χ0v) is 9.61. The number of ether oxygens (including phenoxy) is 1. The zero-order chi connectivity index (χ0) is 12.4. The Labute approximate surface area is 97.2 Å². The van der Waals surface area contributed by atoms with Gasteiger partial charge in [0.05, 0.1) is 17.6 Å². The maximum Gasteiger partial charge on any atom is 0.411 e. The summed E-state index contributed by atoms with van der Waals surface area (Å²) in [7, 11) is 1.68. The first-order valence-electron chi connectivity index (χ1n) is 5.24. The number of aryl methyl sites for hydroxylation is 1. The Kier molecular flexibility index (Phi) is 2.86. The van der Waals surface area contributed by atoms with Gasteiger partial charge in [0, 0.05) is 12.7 Å². The molecule has 1 heterocycles. The van der Waals surface area contributed by atoms with Crippen LogP contribution in [-0.4, -0.2) is 22.3 Å². The van der Waals surface area contributed by atoms with Crippen molar-refractivity contribution in [3.05, 3.63) is 28.7 Å². The average molecular weight is 235 g/mol. The normalized spacial score (nSPS) is 10.5. The molecule has 0 aliphatic rings. The predicted octanol–water partition coefficient (Wildman–Crippen LogP) is 1.43. The molecule has 6 nitrogen and oxygen atoms in total. The molecule has 0 fully saturated rings. The first kappa shape index (κ1) is 11.3. The minimum atomic E-state index is -0.509. The zero-order valence-electron chi connectivity index (χ0n) is 9.61. The van der Waals surface area contributed by atoms with E-state index < -0.39 is 6.09 Å². The van der Waals surface area contributed by atoms with Gasteiger partial charge in [-0.1, -0.05) is 0 Å². The highest BCUT2D eigenvalue weighted by molar-refractivity contribution is 5.88. The fourth-order valence-corrected chi connectivity index (χ4v) is 1.60. The number of H-pyrrole nitrogens is 1. The second kappa shape index (κ2) is 4.32. The Balaban J connectivity index is 2.32. The topological polar surface area (TPSA) is 76.1 Å². The molecule has 2 N–H and O–H groups in total. The summed E-state index contributed by atoms with van der Waals surface area (Å²) in [4.78, 5) is 25.3. The number of hydrogen-bond donors (Lipinski definition) is 2. The van der Waals surface area contributed by atoms with Crippen LogP contribution in [0.15, 0.2) is 23.0 Å². The van der Waals surface area contributed by atoms with Crippen molar-refractivity contribution >= 4 is 22.8 Å². The highest BCUT2D eigenvalue weighted by atomic mass is 16.5. The number of anilines is 1. The number of hydrogen-bond acceptors (Lipinski definition) is 3. The molecule has 0 radical (unpaired) electrons. The van der Waals surface area contributed by atoms with E-state index in [2.05, 4.69) is 10.3 Å². The van der Waals surface area contributed by atoms with Crippen LogP contribution in [0.3, 0.4) is 0 Å². The number of aromatic nitrogens is 2. The number of imidazole rings is 1. The summed E-state index contributed by atoms with van der Waals surface area (Å²) in [6.07, 6.45) is -0.509. The highest BCUT2D eigenvalue weighted by Crippen LogP contribution is 2.15. The number of fused-ring (bicyclic) bond motifs is 1. The lowest BCUT2D eigenvalue weighted by Gasteiger charge is -2.04. The number of rotatable bonds is 2. The van der Waals surface area contributed by atoms with Crippen LogP contribution < -0.4 is 11.0 Å². The van der Waals surface area contributed by atoms with E-state index in [-0.39, 0.29) is 5.69 Å². The molecular formula is C11H13N3O3. The third-order valence-corrected chi connectivity index (χ3v) is 2.43. The van der Waals surface area contributed by atoms with Gasteiger partial charge in [0.2, 0.25) is 0 Å². The van der Waals surface area contributed by atoms with Crippen molar-refractivity contribution < 1.29 is 9.53 Å². The van der Waals surface area contributed by atoms with Crippen molar-refractivity contribution in [2.45, 2.75) is 6.92 Å². The number of carbonyl (C=O) groups excluding carboxylic acids is 1. The van der Waals surface area contributed by atoms with E-state index in [1.165, 1.54) is 4.57 Å². The monoisotopic (exact) mass is 235 g/mol. The van der Waals surface area contributed by atoms with Crippen LogP contribution in [0.25, 0.3) is 11.0 Å². The van der Waals surface area contributed by atoms with Crippen LogP contribution in [-0.2, 0) is 11.8 Å². The van der Waals surface area contributed by atoms with Crippen molar-refractivity contribution in [2.24, 2.45) is 7.05 Å². The molecule has 1 aromatic heterocycles. The third kappa shape index (κ3) is 2.15. The van der Waals surface area contributed by atoms with Crippen molar-refractivity contribution in [1.82, 2.24) is 9.55 Å². The SMILES string of the molecule is CCOC(=O)Nc1ccc2c(c1)[nH]c(=O)n2C. The second-order valence-corrected chi connectivity index (χ2v) is 3.57. The lowest BCUT2D eigenvalue weighted by Crippen LogP contribution is -2.13. The van der Waals surface area contributed by atoms with E-state index in [0.717, 1.165) is 5.52 Å². The summed E-state index contributed by atoms with van der Waals surface area (Å²) >= 11 is 0. The summed E-state index contributed by atoms with van der Waals surface area (Å²) in [6.45, 7) is 2.05. The number of aromatic amines is 1. The van der Waals surface area contributed by atoms with Gasteiger partial charge in [-0.3, -0.25) is 9.88 Å². The molecule has 17 heavy (non-hydrogen) atoms. The van der Waals surface area contributed by atoms with Crippen molar-refractivity contribution in [1.29, 1.82) is 0 Å². The molecule has 0 spiro atoms. The maximum atomic E-state index is 11.4. The van der Waals surface area contributed by atoms with Crippen LogP contribution in [0.4, 0.5) is 10.5 Å². The third-order valence-electron chi connectivity index (χ3n) is 2.43. The van der Waals surface area contributed by atoms with E-state index in [1.54, 1.807) is 32.2 Å². The van der Waals surface area contributed by atoms with Gasteiger partial charge in [-0.15, -0.1) is 0 Å². The fourth-order valence-electron chi connectivity index (χ4n) is 1.60. The molecule has 0 aliphatic heterocycles. The summed E-state index contributed by atoms with van der Waals surface area (Å²) in [5.74, 6) is 0. The summed E-state index contributed by atoms with van der Waals surface area (Å²) in [6, 6.07) is 5.16. The number of amides is 1. The molecule has 2 rings (SSSR count). The van der Waals surface area contributed by atoms with E-state index >= 15 is 0 Å². The molecule has 0 bridgehead atoms. The average Bonchev–Trinajstić information content (AvgIpc) is 2.55. The molecule has 2 aromatic rings. The molecule has 0 atom stereocenters. The number of benzene rings is 1. The largest absolute Gasteiger partial charge is 0.450 e. The van der Waals surface area contributed by atoms with Crippen molar-refractivity contribution in [2.75, 3.05) is 11.9 Å². The molecule has 0 saturated heterocycles. The number of nitrogens with one attached hydrogen (secondary N) is 2. The lowest BCUT2D eigenvalue weighted by atomic mass is 10.3. The lowest BCUT2D eigenvalue weighted by molar-refractivity contribution is 0.168. The highest BCUT2D eigenvalue weighted by Gasteiger charge is 2.06. The van der Waals surface area contributed by atoms with Gasteiger partial charge in [0.1, 0.15) is 0 Å². The molecule has 1 aromatic carbocycles. The molecule has 90 valence electrons. The van der Waals surface area contributed by atoms with Crippen LogP contribution in [0.5, 0.6) is 0 Å². The summed E-state index contributed by atoms with van der Waals surface area (Å²) in [5, 5.41) is 2.57. The Hall–Kier alpha value is -2.24. The fraction of sp³-hybridized carbons (Fsp3) is 0.273. The Morgan fingerprint density at radius 3 is 3.00 bits per heavy atom. The van der Waals surface area contributed by atoms with Crippen LogP contribution >= 0.6 is 0 Å². The van der Waals surface area contributed by atoms with Gasteiger partial charge in [-0.25, -0.2) is 9.59 Å². The molecular weight excluding hydrogens is 222 g/mol. The van der Waals surface area contributed by atoms with Crippen molar-refractivity contribution in [3.8, 4) is 0 Å². The minimum absolute atomic E-state index is 0.187. The molecule has 0 unspecified atom stereocenters. The molecule has 0 aliphatic carbocycles.